The van der Waals surface area contributed by atoms with E-state index in [0.717, 1.165) is 27.4 Å². The van der Waals surface area contributed by atoms with E-state index < -0.39 is 0 Å². The lowest BCUT2D eigenvalue weighted by Gasteiger charge is -1.99. The van der Waals surface area contributed by atoms with Gasteiger partial charge in [0.15, 0.2) is 5.13 Å². The van der Waals surface area contributed by atoms with E-state index in [1.165, 1.54) is 11.3 Å². The Balaban J connectivity index is 1.60. The summed E-state index contributed by atoms with van der Waals surface area (Å²) in [4.78, 5) is 25.1. The molecule has 3 rings (SSSR count). The van der Waals surface area contributed by atoms with Gasteiger partial charge in [-0.2, -0.15) is 0 Å². The highest BCUT2D eigenvalue weighted by atomic mass is 32.1. The summed E-state index contributed by atoms with van der Waals surface area (Å²) in [6, 6.07) is 7.85. The Morgan fingerprint density at radius 1 is 1.29 bits per heavy atom. The summed E-state index contributed by atoms with van der Waals surface area (Å²) in [6.45, 7) is 3.94. The van der Waals surface area contributed by atoms with Gasteiger partial charge in [0.1, 0.15) is 5.82 Å². The number of aryl methyl sites for hydroxylation is 3. The van der Waals surface area contributed by atoms with E-state index in [9.17, 15) is 4.79 Å². The van der Waals surface area contributed by atoms with Gasteiger partial charge >= 0.3 is 0 Å². The Bertz CT molecular complexity index is 737. The number of hydrogen-bond acceptors (Lipinski definition) is 4. The summed E-state index contributed by atoms with van der Waals surface area (Å²) in [5.74, 6) is 0.794. The molecule has 1 amide bonds. The predicted molar refractivity (Wildman–Crippen MR) is 84.6 cm³/mol. The number of H-pyrrole nitrogens is 1. The second kappa shape index (κ2) is 5.65. The van der Waals surface area contributed by atoms with Gasteiger partial charge in [-0.3, -0.25) is 4.79 Å². The van der Waals surface area contributed by atoms with Crippen LogP contribution in [-0.2, 0) is 11.2 Å². The lowest BCUT2D eigenvalue weighted by Crippen LogP contribution is -2.12. The van der Waals surface area contributed by atoms with Gasteiger partial charge < -0.3 is 10.3 Å². The molecule has 0 atom stereocenters. The Kier molecular flexibility index (Phi) is 3.70. The number of amides is 1. The van der Waals surface area contributed by atoms with Crippen molar-refractivity contribution in [2.45, 2.75) is 26.7 Å². The number of para-hydroxylation sites is 2. The van der Waals surface area contributed by atoms with Crippen LogP contribution in [0.15, 0.2) is 24.3 Å². The first-order valence-electron chi connectivity index (χ1n) is 6.79. The van der Waals surface area contributed by atoms with E-state index in [4.69, 9.17) is 0 Å². The molecule has 2 N–H and O–H groups in total. The van der Waals surface area contributed by atoms with Gasteiger partial charge in [0.25, 0.3) is 0 Å². The number of aromatic amines is 1. The molecule has 108 valence electrons. The summed E-state index contributed by atoms with van der Waals surface area (Å²) in [6.07, 6.45) is 0.974. The summed E-state index contributed by atoms with van der Waals surface area (Å²) >= 11 is 1.50. The van der Waals surface area contributed by atoms with Gasteiger partial charge in [-0.15, -0.1) is 11.3 Å². The van der Waals surface area contributed by atoms with E-state index in [1.807, 2.05) is 38.1 Å². The molecule has 2 heterocycles. The van der Waals surface area contributed by atoms with Crippen LogP contribution in [0.1, 0.15) is 22.8 Å². The number of carbonyl (C=O) groups excluding carboxylic acids is 1. The van der Waals surface area contributed by atoms with Gasteiger partial charge in [0.05, 0.1) is 16.7 Å². The molecule has 2 aromatic heterocycles. The average molecular weight is 300 g/mol. The number of hydrogen-bond donors (Lipinski definition) is 2. The number of carbonyl (C=O) groups is 1. The van der Waals surface area contributed by atoms with Gasteiger partial charge in [0, 0.05) is 17.7 Å². The zero-order valence-electron chi connectivity index (χ0n) is 11.9. The maximum atomic E-state index is 11.9. The number of benzene rings is 1. The smallest absolute Gasteiger partial charge is 0.226 e. The Morgan fingerprint density at radius 2 is 2.10 bits per heavy atom. The van der Waals surface area contributed by atoms with Crippen molar-refractivity contribution >= 4 is 33.4 Å². The van der Waals surface area contributed by atoms with Crippen LogP contribution in [0, 0.1) is 13.8 Å². The fraction of sp³-hybridized carbons (Fsp3) is 0.267. The van der Waals surface area contributed by atoms with Gasteiger partial charge in [-0.25, -0.2) is 9.97 Å². The SMILES string of the molecule is Cc1nc(NC(=O)CCc2nc3ccccc3[nH]2)sc1C. The fourth-order valence-electron chi connectivity index (χ4n) is 2.06. The van der Waals surface area contributed by atoms with Gasteiger partial charge in [0.2, 0.25) is 5.91 Å². The van der Waals surface area contributed by atoms with Crippen molar-refractivity contribution in [3.8, 4) is 0 Å². The minimum absolute atomic E-state index is 0.0378. The fourth-order valence-corrected chi connectivity index (χ4v) is 2.89. The average Bonchev–Trinajstić information content (AvgIpc) is 3.00. The first-order valence-corrected chi connectivity index (χ1v) is 7.61. The summed E-state index contributed by atoms with van der Waals surface area (Å²) < 4.78 is 0. The number of fused-ring (bicyclic) bond motifs is 1. The van der Waals surface area contributed by atoms with Gasteiger partial charge in [-0.1, -0.05) is 12.1 Å². The van der Waals surface area contributed by atoms with Crippen LogP contribution in [0.5, 0.6) is 0 Å². The second-order valence-corrected chi connectivity index (χ2v) is 6.11. The Morgan fingerprint density at radius 3 is 2.81 bits per heavy atom. The molecule has 0 aliphatic heterocycles. The number of rotatable bonds is 4. The molecule has 0 spiro atoms. The number of aromatic nitrogens is 3. The molecule has 6 heteroatoms. The largest absolute Gasteiger partial charge is 0.342 e. The third-order valence-corrected chi connectivity index (χ3v) is 4.29. The molecule has 0 bridgehead atoms. The van der Waals surface area contributed by atoms with Crippen molar-refractivity contribution in [1.82, 2.24) is 15.0 Å². The highest BCUT2D eigenvalue weighted by molar-refractivity contribution is 7.15. The standard InChI is InChI=1S/C15H16N4OS/c1-9-10(2)21-15(16-9)19-14(20)8-7-13-17-11-5-3-4-6-12(11)18-13/h3-6H,7-8H2,1-2H3,(H,17,18)(H,16,19,20). The van der Waals surface area contributed by atoms with E-state index >= 15 is 0 Å². The third-order valence-electron chi connectivity index (χ3n) is 3.30. The van der Waals surface area contributed by atoms with Crippen LogP contribution >= 0.6 is 11.3 Å². The topological polar surface area (TPSA) is 70.7 Å². The Hall–Kier alpha value is -2.21. The zero-order valence-corrected chi connectivity index (χ0v) is 12.8. The van der Waals surface area contributed by atoms with Crippen molar-refractivity contribution < 1.29 is 4.79 Å². The summed E-state index contributed by atoms with van der Waals surface area (Å²) in [5, 5.41) is 3.50. The highest BCUT2D eigenvalue weighted by Crippen LogP contribution is 2.21. The minimum Gasteiger partial charge on any atom is -0.342 e. The van der Waals surface area contributed by atoms with Crippen molar-refractivity contribution in [3.05, 3.63) is 40.7 Å². The maximum absolute atomic E-state index is 11.9. The molecule has 0 aliphatic carbocycles. The van der Waals surface area contributed by atoms with Crippen LogP contribution in [0.25, 0.3) is 11.0 Å². The Labute approximate surface area is 126 Å². The third kappa shape index (κ3) is 3.11. The molecule has 0 radical (unpaired) electrons. The van der Waals surface area contributed by atoms with Crippen molar-refractivity contribution in [2.75, 3.05) is 5.32 Å². The lowest BCUT2D eigenvalue weighted by molar-refractivity contribution is -0.116. The normalized spacial score (nSPS) is 11.0. The van der Waals surface area contributed by atoms with Crippen molar-refractivity contribution in [2.24, 2.45) is 0 Å². The first kappa shape index (κ1) is 13.8. The molecular weight excluding hydrogens is 284 g/mol. The van der Waals surface area contributed by atoms with E-state index in [1.54, 1.807) is 0 Å². The molecular formula is C15H16N4OS. The maximum Gasteiger partial charge on any atom is 0.226 e. The number of nitrogens with one attached hydrogen (secondary N) is 2. The highest BCUT2D eigenvalue weighted by Gasteiger charge is 2.09. The number of anilines is 1. The minimum atomic E-state index is -0.0378. The molecule has 0 fully saturated rings. The van der Waals surface area contributed by atoms with Crippen LogP contribution in [-0.4, -0.2) is 20.9 Å². The molecule has 1 aromatic carbocycles. The van der Waals surface area contributed by atoms with Crippen molar-refractivity contribution in [1.29, 1.82) is 0 Å². The number of nitrogens with zero attached hydrogens (tertiary/aromatic N) is 2. The predicted octanol–water partition coefficient (Wildman–Crippen LogP) is 3.21. The van der Waals surface area contributed by atoms with E-state index in [0.29, 0.717) is 18.0 Å². The van der Waals surface area contributed by atoms with Gasteiger partial charge in [-0.05, 0) is 26.0 Å². The molecule has 0 unspecified atom stereocenters. The van der Waals surface area contributed by atoms with Crippen LogP contribution in [0.3, 0.4) is 0 Å². The van der Waals surface area contributed by atoms with Crippen LogP contribution in [0.4, 0.5) is 5.13 Å². The molecule has 21 heavy (non-hydrogen) atoms. The number of thiazole rings is 1. The van der Waals surface area contributed by atoms with Crippen molar-refractivity contribution in [3.63, 3.8) is 0 Å². The molecule has 0 saturated heterocycles. The van der Waals surface area contributed by atoms with Crippen LogP contribution in [0.2, 0.25) is 0 Å². The lowest BCUT2D eigenvalue weighted by atomic mass is 10.3. The van der Waals surface area contributed by atoms with Crippen LogP contribution < -0.4 is 5.32 Å². The molecule has 3 aromatic rings. The summed E-state index contributed by atoms with van der Waals surface area (Å²) in [7, 11) is 0. The number of imidazole rings is 1. The second-order valence-electron chi connectivity index (χ2n) is 4.91. The molecule has 5 nitrogen and oxygen atoms in total. The summed E-state index contributed by atoms with van der Waals surface area (Å²) in [5.41, 5.74) is 2.89. The van der Waals surface area contributed by atoms with E-state index in [-0.39, 0.29) is 5.91 Å². The molecule has 0 aliphatic rings. The quantitative estimate of drug-likeness (QED) is 0.777. The monoisotopic (exact) mass is 300 g/mol. The first-order chi connectivity index (χ1) is 10.1. The van der Waals surface area contributed by atoms with E-state index in [2.05, 4.69) is 20.3 Å². The molecule has 0 saturated carbocycles. The zero-order chi connectivity index (χ0) is 14.8.